The van der Waals surface area contributed by atoms with Gasteiger partial charge in [0.2, 0.25) is 0 Å². The molecule has 0 radical (unpaired) electrons. The molecule has 0 N–H and O–H groups in total. The number of fused-ring (bicyclic) bond motifs is 7. The van der Waals surface area contributed by atoms with Crippen molar-refractivity contribution in [3.05, 3.63) is 187 Å². The van der Waals surface area contributed by atoms with Gasteiger partial charge in [0, 0.05) is 38.8 Å². The maximum Gasteiger partial charge on any atom is 0.143 e. The summed E-state index contributed by atoms with van der Waals surface area (Å²) in [6.45, 7) is 4.68. The van der Waals surface area contributed by atoms with Gasteiger partial charge in [-0.25, -0.2) is 0 Å². The Morgan fingerprint density at radius 2 is 1.06 bits per heavy atom. The Labute approximate surface area is 297 Å². The topological polar surface area (TPSA) is 16.4 Å². The van der Waals surface area contributed by atoms with Gasteiger partial charge in [0.25, 0.3) is 0 Å². The molecule has 8 aromatic carbocycles. The van der Waals surface area contributed by atoms with Crippen molar-refractivity contribution in [3.63, 3.8) is 0 Å². The first kappa shape index (κ1) is 29.5. The number of furan rings is 1. The highest BCUT2D eigenvalue weighted by Gasteiger charge is 2.35. The van der Waals surface area contributed by atoms with Crippen molar-refractivity contribution < 1.29 is 4.42 Å². The number of hydrogen-bond donors (Lipinski definition) is 0. The van der Waals surface area contributed by atoms with Crippen LogP contribution in [0.3, 0.4) is 0 Å². The zero-order valence-corrected chi connectivity index (χ0v) is 28.6. The lowest BCUT2D eigenvalue weighted by Crippen LogP contribution is -2.16. The Bertz CT molecular complexity index is 2760. The van der Waals surface area contributed by atoms with Gasteiger partial charge in [0.15, 0.2) is 0 Å². The van der Waals surface area contributed by atoms with E-state index in [0.717, 1.165) is 50.1 Å². The van der Waals surface area contributed by atoms with Crippen molar-refractivity contribution in [2.45, 2.75) is 19.3 Å². The second kappa shape index (κ2) is 11.3. The van der Waals surface area contributed by atoms with Gasteiger partial charge in [-0.15, -0.1) is 0 Å². The molecule has 0 saturated carbocycles. The Morgan fingerprint density at radius 1 is 0.431 bits per heavy atom. The standard InChI is InChI=1S/C49H35NO/c1-49(2)44-20-12-11-19-40(44)41-27-25-38(31-45(41)49)50(36-16-7-4-8-17-36)37-26-28-46-42(30-37)43-29-35-15-9-10-18-39(35)47(48(43)51-46)34-23-21-33(22-24-34)32-13-5-3-6-14-32/h3-31H,1-2H3. The molecule has 0 saturated heterocycles. The molecule has 1 aromatic heterocycles. The predicted octanol–water partition coefficient (Wildman–Crippen LogP) is 13.8. The summed E-state index contributed by atoms with van der Waals surface area (Å²) < 4.78 is 6.81. The molecule has 51 heavy (non-hydrogen) atoms. The smallest absolute Gasteiger partial charge is 0.143 e. The van der Waals surface area contributed by atoms with Crippen LogP contribution in [0.15, 0.2) is 180 Å². The summed E-state index contributed by atoms with van der Waals surface area (Å²) in [5.74, 6) is 0. The van der Waals surface area contributed by atoms with Crippen molar-refractivity contribution in [3.8, 4) is 33.4 Å². The van der Waals surface area contributed by atoms with E-state index in [0.29, 0.717) is 0 Å². The second-order valence-corrected chi connectivity index (χ2v) is 14.1. The highest BCUT2D eigenvalue weighted by molar-refractivity contribution is 6.18. The second-order valence-electron chi connectivity index (χ2n) is 14.1. The van der Waals surface area contributed by atoms with Crippen LogP contribution in [-0.2, 0) is 5.41 Å². The molecule has 0 amide bonds. The Morgan fingerprint density at radius 3 is 1.88 bits per heavy atom. The lowest BCUT2D eigenvalue weighted by atomic mass is 9.82. The van der Waals surface area contributed by atoms with Gasteiger partial charge in [0.05, 0.1) is 0 Å². The quantitative estimate of drug-likeness (QED) is 0.184. The van der Waals surface area contributed by atoms with Crippen molar-refractivity contribution >= 4 is 49.8 Å². The third-order valence-electron chi connectivity index (χ3n) is 10.8. The van der Waals surface area contributed by atoms with Crippen molar-refractivity contribution in [1.82, 2.24) is 0 Å². The van der Waals surface area contributed by atoms with Gasteiger partial charge < -0.3 is 9.32 Å². The summed E-state index contributed by atoms with van der Waals surface area (Å²) in [5.41, 5.74) is 15.1. The van der Waals surface area contributed by atoms with E-state index in [4.69, 9.17) is 4.42 Å². The number of nitrogens with zero attached hydrogens (tertiary/aromatic N) is 1. The molecule has 1 aliphatic carbocycles. The number of benzene rings is 8. The van der Waals surface area contributed by atoms with E-state index >= 15 is 0 Å². The Balaban J connectivity index is 1.15. The first-order chi connectivity index (χ1) is 25.0. The van der Waals surface area contributed by atoms with E-state index in [9.17, 15) is 0 Å². The molecule has 0 fully saturated rings. The minimum absolute atomic E-state index is 0.0915. The van der Waals surface area contributed by atoms with Crippen LogP contribution in [0, 0.1) is 0 Å². The summed E-state index contributed by atoms with van der Waals surface area (Å²) in [7, 11) is 0. The van der Waals surface area contributed by atoms with Crippen molar-refractivity contribution in [2.75, 3.05) is 4.90 Å². The fourth-order valence-electron chi connectivity index (χ4n) is 8.30. The number of anilines is 3. The summed E-state index contributed by atoms with van der Waals surface area (Å²) in [5, 5.41) is 4.60. The molecular weight excluding hydrogens is 619 g/mol. The van der Waals surface area contributed by atoms with Crippen LogP contribution in [0.25, 0.3) is 66.1 Å². The fraction of sp³-hybridized carbons (Fsp3) is 0.0612. The Hall–Kier alpha value is -6.38. The van der Waals surface area contributed by atoms with Crippen LogP contribution in [-0.4, -0.2) is 0 Å². The van der Waals surface area contributed by atoms with Crippen LogP contribution in [0.4, 0.5) is 17.1 Å². The monoisotopic (exact) mass is 653 g/mol. The largest absolute Gasteiger partial charge is 0.455 e. The van der Waals surface area contributed by atoms with Crippen molar-refractivity contribution in [1.29, 1.82) is 0 Å². The van der Waals surface area contributed by atoms with E-state index in [1.165, 1.54) is 44.2 Å². The first-order valence-corrected chi connectivity index (χ1v) is 17.7. The van der Waals surface area contributed by atoms with Gasteiger partial charge in [-0.3, -0.25) is 0 Å². The van der Waals surface area contributed by atoms with Crippen LogP contribution < -0.4 is 4.90 Å². The number of hydrogen-bond acceptors (Lipinski definition) is 2. The third kappa shape index (κ3) is 4.64. The SMILES string of the molecule is CC1(C)c2ccccc2-c2ccc(N(c3ccccc3)c3ccc4oc5c(-c6ccc(-c7ccccc7)cc6)c6ccccc6cc5c4c3)cc21. The third-order valence-corrected chi connectivity index (χ3v) is 10.8. The maximum atomic E-state index is 6.81. The van der Waals surface area contributed by atoms with Gasteiger partial charge in [0.1, 0.15) is 11.2 Å². The summed E-state index contributed by atoms with van der Waals surface area (Å²) in [6.07, 6.45) is 0. The molecule has 0 aliphatic heterocycles. The molecule has 9 aromatic rings. The number of rotatable bonds is 5. The predicted molar refractivity (Wildman–Crippen MR) is 214 cm³/mol. The average molecular weight is 654 g/mol. The minimum Gasteiger partial charge on any atom is -0.455 e. The summed E-state index contributed by atoms with van der Waals surface area (Å²) in [4.78, 5) is 2.38. The van der Waals surface area contributed by atoms with E-state index in [2.05, 4.69) is 195 Å². The summed E-state index contributed by atoms with van der Waals surface area (Å²) >= 11 is 0. The first-order valence-electron chi connectivity index (χ1n) is 17.7. The Kier molecular flexibility index (Phi) is 6.56. The molecule has 10 rings (SSSR count). The minimum atomic E-state index is -0.0915. The molecule has 242 valence electrons. The average Bonchev–Trinajstić information content (AvgIpc) is 3.66. The van der Waals surface area contributed by atoms with Crippen LogP contribution >= 0.6 is 0 Å². The van der Waals surface area contributed by atoms with Gasteiger partial charge in [-0.1, -0.05) is 141 Å². The van der Waals surface area contributed by atoms with Gasteiger partial charge >= 0.3 is 0 Å². The molecule has 0 bridgehead atoms. The maximum absolute atomic E-state index is 6.81. The lowest BCUT2D eigenvalue weighted by molar-refractivity contribution is 0.660. The normalized spacial score (nSPS) is 13.1. The highest BCUT2D eigenvalue weighted by Crippen LogP contribution is 2.51. The lowest BCUT2D eigenvalue weighted by Gasteiger charge is -2.28. The van der Waals surface area contributed by atoms with E-state index < -0.39 is 0 Å². The molecule has 2 heteroatoms. The van der Waals surface area contributed by atoms with Crippen LogP contribution in [0.1, 0.15) is 25.0 Å². The number of para-hydroxylation sites is 1. The highest BCUT2D eigenvalue weighted by atomic mass is 16.3. The van der Waals surface area contributed by atoms with Crippen LogP contribution in [0.5, 0.6) is 0 Å². The van der Waals surface area contributed by atoms with Gasteiger partial charge in [-0.05, 0) is 98.2 Å². The van der Waals surface area contributed by atoms with E-state index in [-0.39, 0.29) is 5.41 Å². The molecule has 2 nitrogen and oxygen atoms in total. The fourth-order valence-corrected chi connectivity index (χ4v) is 8.30. The molecule has 0 spiro atoms. The van der Waals surface area contributed by atoms with Crippen molar-refractivity contribution in [2.24, 2.45) is 0 Å². The molecular formula is C49H35NO. The molecule has 1 heterocycles. The zero-order chi connectivity index (χ0) is 34.1. The summed E-state index contributed by atoms with van der Waals surface area (Å²) in [6, 6.07) is 63.5. The van der Waals surface area contributed by atoms with Gasteiger partial charge in [-0.2, -0.15) is 0 Å². The van der Waals surface area contributed by atoms with E-state index in [1.54, 1.807) is 0 Å². The van der Waals surface area contributed by atoms with E-state index in [1.807, 2.05) is 0 Å². The molecule has 1 aliphatic rings. The molecule has 0 atom stereocenters. The van der Waals surface area contributed by atoms with Crippen LogP contribution in [0.2, 0.25) is 0 Å². The molecule has 0 unspecified atom stereocenters. The zero-order valence-electron chi connectivity index (χ0n) is 28.6.